The summed E-state index contributed by atoms with van der Waals surface area (Å²) in [6, 6.07) is 26.9. The summed E-state index contributed by atoms with van der Waals surface area (Å²) in [6.45, 7) is 1.32. The van der Waals surface area contributed by atoms with Gasteiger partial charge in [0.15, 0.2) is 0 Å². The van der Waals surface area contributed by atoms with Crippen molar-refractivity contribution in [3.8, 4) is 0 Å². The molecule has 0 radical (unpaired) electrons. The zero-order chi connectivity index (χ0) is 23.1. The number of imide groups is 1. The molecule has 0 aliphatic carbocycles. The zero-order valence-corrected chi connectivity index (χ0v) is 19.2. The quantitative estimate of drug-likeness (QED) is 0.398. The smallest absolute Gasteiger partial charge is 0.257 e. The van der Waals surface area contributed by atoms with Crippen LogP contribution in [0.15, 0.2) is 84.4 Å². The number of amides is 2. The van der Waals surface area contributed by atoms with E-state index in [9.17, 15) is 9.59 Å². The fourth-order valence-corrected chi connectivity index (χ4v) is 5.87. The number of carbonyl (C=O) groups is 2. The Bertz CT molecular complexity index is 1280. The molecule has 3 aromatic rings. The van der Waals surface area contributed by atoms with E-state index < -0.39 is 5.92 Å². The molecule has 0 bridgehead atoms. The van der Waals surface area contributed by atoms with Crippen LogP contribution < -0.4 is 4.90 Å². The Kier molecular flexibility index (Phi) is 5.29. The van der Waals surface area contributed by atoms with E-state index in [1.807, 2.05) is 30.3 Å². The maximum Gasteiger partial charge on any atom is 0.257 e. The number of anilines is 1. The SMILES string of the molecule is O=C1C2=Cc3ccccc3N3CCc4ccccc4C3C2C(=O)N1CCCCc1ccccc1. The average Bonchev–Trinajstić information content (AvgIpc) is 3.02. The van der Waals surface area contributed by atoms with Crippen molar-refractivity contribution < 1.29 is 9.59 Å². The van der Waals surface area contributed by atoms with Gasteiger partial charge in [0.25, 0.3) is 5.91 Å². The van der Waals surface area contributed by atoms with E-state index in [1.165, 1.54) is 21.6 Å². The van der Waals surface area contributed by atoms with Crippen molar-refractivity contribution in [2.75, 3.05) is 18.0 Å². The van der Waals surface area contributed by atoms with Gasteiger partial charge in [0.1, 0.15) is 0 Å². The maximum absolute atomic E-state index is 13.8. The van der Waals surface area contributed by atoms with E-state index in [4.69, 9.17) is 0 Å². The first-order valence-corrected chi connectivity index (χ1v) is 12.3. The number of likely N-dealkylation sites (tertiary alicyclic amines) is 1. The van der Waals surface area contributed by atoms with Crippen LogP contribution in [0.2, 0.25) is 0 Å². The number of fused-ring (bicyclic) bond motifs is 7. The second kappa shape index (κ2) is 8.60. The molecule has 4 heteroatoms. The van der Waals surface area contributed by atoms with Gasteiger partial charge >= 0.3 is 0 Å². The number of carbonyl (C=O) groups excluding carboxylic acids is 2. The molecule has 0 N–H and O–H groups in total. The Hall–Kier alpha value is -3.66. The summed E-state index contributed by atoms with van der Waals surface area (Å²) in [7, 11) is 0. The van der Waals surface area contributed by atoms with Crippen molar-refractivity contribution in [3.63, 3.8) is 0 Å². The molecule has 6 rings (SSSR count). The van der Waals surface area contributed by atoms with Crippen LogP contribution in [-0.4, -0.2) is 29.8 Å². The van der Waals surface area contributed by atoms with Crippen LogP contribution in [0.4, 0.5) is 5.69 Å². The number of unbranched alkanes of at least 4 members (excludes halogenated alkanes) is 1. The van der Waals surface area contributed by atoms with Crippen LogP contribution >= 0.6 is 0 Å². The van der Waals surface area contributed by atoms with E-state index >= 15 is 0 Å². The molecule has 0 aromatic heterocycles. The van der Waals surface area contributed by atoms with Crippen LogP contribution in [0.3, 0.4) is 0 Å². The Morgan fingerprint density at radius 2 is 1.59 bits per heavy atom. The summed E-state index contributed by atoms with van der Waals surface area (Å²) in [5.74, 6) is -0.625. The van der Waals surface area contributed by atoms with Gasteiger partial charge in [-0.05, 0) is 60.1 Å². The van der Waals surface area contributed by atoms with E-state index in [0.29, 0.717) is 12.1 Å². The summed E-state index contributed by atoms with van der Waals surface area (Å²) >= 11 is 0. The largest absolute Gasteiger partial charge is 0.363 e. The van der Waals surface area contributed by atoms with E-state index in [-0.39, 0.29) is 17.9 Å². The van der Waals surface area contributed by atoms with Crippen molar-refractivity contribution in [2.24, 2.45) is 5.92 Å². The lowest BCUT2D eigenvalue weighted by Gasteiger charge is -2.41. The summed E-state index contributed by atoms with van der Waals surface area (Å²) in [4.78, 5) is 31.3. The summed E-state index contributed by atoms with van der Waals surface area (Å²) in [6.07, 6.45) is 5.64. The van der Waals surface area contributed by atoms with Gasteiger partial charge in [-0.25, -0.2) is 0 Å². The Balaban J connectivity index is 1.32. The molecule has 3 aromatic carbocycles. The molecule has 170 valence electrons. The third-order valence-corrected chi connectivity index (χ3v) is 7.50. The molecule has 3 aliphatic heterocycles. The molecule has 2 atom stereocenters. The monoisotopic (exact) mass is 448 g/mol. The molecule has 4 nitrogen and oxygen atoms in total. The van der Waals surface area contributed by atoms with Gasteiger partial charge in [0.05, 0.1) is 12.0 Å². The highest BCUT2D eigenvalue weighted by atomic mass is 16.2. The Labute approximate surface area is 200 Å². The first-order valence-electron chi connectivity index (χ1n) is 12.3. The minimum atomic E-state index is -0.463. The molecule has 1 saturated heterocycles. The Morgan fingerprint density at radius 3 is 2.47 bits per heavy atom. The lowest BCUT2D eigenvalue weighted by Crippen LogP contribution is -2.42. The highest BCUT2D eigenvalue weighted by Crippen LogP contribution is 2.48. The van der Waals surface area contributed by atoms with Crippen LogP contribution in [0.25, 0.3) is 6.08 Å². The fourth-order valence-electron chi connectivity index (χ4n) is 5.87. The second-order valence-corrected chi connectivity index (χ2v) is 9.46. The Morgan fingerprint density at radius 1 is 0.824 bits per heavy atom. The highest BCUT2D eigenvalue weighted by molar-refractivity contribution is 6.18. The molecule has 3 heterocycles. The summed E-state index contributed by atoms with van der Waals surface area (Å²) in [5.41, 5.74) is 6.53. The topological polar surface area (TPSA) is 40.6 Å². The normalized spacial score (nSPS) is 20.8. The minimum Gasteiger partial charge on any atom is -0.363 e. The zero-order valence-electron chi connectivity index (χ0n) is 19.2. The van der Waals surface area contributed by atoms with Crippen molar-refractivity contribution in [3.05, 3.63) is 107 Å². The van der Waals surface area contributed by atoms with Gasteiger partial charge in [-0.15, -0.1) is 0 Å². The van der Waals surface area contributed by atoms with Crippen molar-refractivity contribution in [1.29, 1.82) is 0 Å². The fraction of sp³-hybridized carbons (Fsp3) is 0.267. The maximum atomic E-state index is 13.8. The third-order valence-electron chi connectivity index (χ3n) is 7.50. The van der Waals surface area contributed by atoms with Gasteiger partial charge in [0, 0.05) is 24.4 Å². The van der Waals surface area contributed by atoms with Crippen molar-refractivity contribution >= 4 is 23.6 Å². The molecule has 0 saturated carbocycles. The first kappa shape index (κ1) is 20.9. The van der Waals surface area contributed by atoms with E-state index in [2.05, 4.69) is 59.5 Å². The van der Waals surface area contributed by atoms with Gasteiger partial charge in [-0.1, -0.05) is 72.8 Å². The van der Waals surface area contributed by atoms with Crippen LogP contribution in [0, 0.1) is 5.92 Å². The molecular weight excluding hydrogens is 420 g/mol. The number of nitrogens with zero attached hydrogens (tertiary/aromatic N) is 2. The highest BCUT2D eigenvalue weighted by Gasteiger charge is 2.51. The summed E-state index contributed by atoms with van der Waals surface area (Å²) < 4.78 is 0. The molecular formula is C30H28N2O2. The molecule has 2 amide bonds. The standard InChI is InChI=1S/C30H28N2O2/c33-29-25-20-23-14-5-7-16-26(23)31-19-17-22-13-4-6-15-24(22)28(31)27(25)30(34)32(29)18-9-8-12-21-10-2-1-3-11-21/h1-7,10-11,13-16,20,27-28H,8-9,12,17-19H2. The van der Waals surface area contributed by atoms with Crippen LogP contribution in [-0.2, 0) is 22.4 Å². The number of hydrogen-bond donors (Lipinski definition) is 0. The number of para-hydroxylation sites is 1. The molecule has 1 fully saturated rings. The number of rotatable bonds is 5. The first-order chi connectivity index (χ1) is 16.7. The number of aryl methyl sites for hydroxylation is 1. The van der Waals surface area contributed by atoms with Gasteiger partial charge in [-0.3, -0.25) is 14.5 Å². The molecule has 0 spiro atoms. The lowest BCUT2D eigenvalue weighted by atomic mass is 9.82. The van der Waals surface area contributed by atoms with E-state index in [0.717, 1.165) is 43.5 Å². The predicted molar refractivity (Wildman–Crippen MR) is 134 cm³/mol. The lowest BCUT2D eigenvalue weighted by molar-refractivity contribution is -0.139. The summed E-state index contributed by atoms with van der Waals surface area (Å²) in [5, 5.41) is 0. The van der Waals surface area contributed by atoms with Crippen LogP contribution in [0.1, 0.15) is 41.1 Å². The second-order valence-electron chi connectivity index (χ2n) is 9.46. The van der Waals surface area contributed by atoms with Gasteiger partial charge in [-0.2, -0.15) is 0 Å². The van der Waals surface area contributed by atoms with Gasteiger partial charge in [0.2, 0.25) is 5.91 Å². The number of benzene rings is 3. The van der Waals surface area contributed by atoms with E-state index in [1.54, 1.807) is 0 Å². The molecule has 2 unspecified atom stereocenters. The van der Waals surface area contributed by atoms with Crippen molar-refractivity contribution in [2.45, 2.75) is 31.7 Å². The predicted octanol–water partition coefficient (Wildman–Crippen LogP) is 5.20. The minimum absolute atomic E-state index is 0.0459. The van der Waals surface area contributed by atoms with Crippen molar-refractivity contribution in [1.82, 2.24) is 4.90 Å². The number of hydrogen-bond acceptors (Lipinski definition) is 3. The van der Waals surface area contributed by atoms with Gasteiger partial charge < -0.3 is 4.90 Å². The van der Waals surface area contributed by atoms with Crippen LogP contribution in [0.5, 0.6) is 0 Å². The third kappa shape index (κ3) is 3.45. The average molecular weight is 449 g/mol. The molecule has 34 heavy (non-hydrogen) atoms. The molecule has 3 aliphatic rings.